The van der Waals surface area contributed by atoms with Crippen LogP contribution in [-0.2, 0) is 19.1 Å². The van der Waals surface area contributed by atoms with Crippen LogP contribution in [0.1, 0.15) is 65.7 Å². The zero-order chi connectivity index (χ0) is 14.2. The van der Waals surface area contributed by atoms with Crippen molar-refractivity contribution in [2.75, 3.05) is 13.7 Å². The largest absolute Gasteiger partial charge is 0.469 e. The van der Waals surface area contributed by atoms with Gasteiger partial charge in [-0.05, 0) is 19.3 Å². The molecule has 0 aromatic heterocycles. The summed E-state index contributed by atoms with van der Waals surface area (Å²) >= 11 is 0. The molecule has 0 bridgehead atoms. The summed E-state index contributed by atoms with van der Waals surface area (Å²) in [6, 6.07) is 0. The van der Waals surface area contributed by atoms with Gasteiger partial charge < -0.3 is 9.47 Å². The summed E-state index contributed by atoms with van der Waals surface area (Å²) in [5, 5.41) is 0. The number of hydrogen-bond acceptors (Lipinski definition) is 4. The van der Waals surface area contributed by atoms with Crippen molar-refractivity contribution in [3.8, 4) is 0 Å². The summed E-state index contributed by atoms with van der Waals surface area (Å²) in [6.07, 6.45) is 6.05. The van der Waals surface area contributed by atoms with Gasteiger partial charge in [-0.1, -0.05) is 33.6 Å². The first-order valence-electron chi connectivity index (χ1n) is 6.84. The molecule has 0 radical (unpaired) electrons. The van der Waals surface area contributed by atoms with E-state index in [9.17, 15) is 9.59 Å². The van der Waals surface area contributed by atoms with Crippen LogP contribution in [0.25, 0.3) is 0 Å². The first-order chi connectivity index (χ1) is 8.62. The number of methoxy groups -OCH3 is 1. The number of esters is 2. The number of carbonyl (C=O) groups excluding carboxylic acids is 2. The molecule has 0 heterocycles. The molecule has 0 unspecified atom stereocenters. The maximum Gasteiger partial charge on any atom is 0.305 e. The van der Waals surface area contributed by atoms with Crippen molar-refractivity contribution >= 4 is 11.9 Å². The van der Waals surface area contributed by atoms with Gasteiger partial charge in [0.25, 0.3) is 0 Å². The molecule has 0 saturated heterocycles. The molecule has 0 amide bonds. The Morgan fingerprint density at radius 1 is 0.833 bits per heavy atom. The molecule has 108 valence electrons. The minimum Gasteiger partial charge on any atom is -0.469 e. The van der Waals surface area contributed by atoms with Crippen LogP contribution >= 0.6 is 0 Å². The Labute approximate surface area is 111 Å². The van der Waals surface area contributed by atoms with Crippen LogP contribution in [0.2, 0.25) is 0 Å². The van der Waals surface area contributed by atoms with Gasteiger partial charge in [-0.25, -0.2) is 0 Å². The van der Waals surface area contributed by atoms with E-state index in [0.29, 0.717) is 19.4 Å². The van der Waals surface area contributed by atoms with Gasteiger partial charge in [0.15, 0.2) is 0 Å². The lowest BCUT2D eigenvalue weighted by Gasteiger charge is -2.00. The van der Waals surface area contributed by atoms with Crippen LogP contribution in [0, 0.1) is 0 Å². The molecule has 0 aliphatic carbocycles. The summed E-state index contributed by atoms with van der Waals surface area (Å²) in [7, 11) is 1.41. The zero-order valence-corrected chi connectivity index (χ0v) is 12.3. The Morgan fingerprint density at radius 3 is 1.89 bits per heavy atom. The average molecular weight is 260 g/mol. The van der Waals surface area contributed by atoms with E-state index in [1.54, 1.807) is 0 Å². The molecule has 0 aliphatic heterocycles. The van der Waals surface area contributed by atoms with E-state index in [4.69, 9.17) is 4.74 Å². The highest BCUT2D eigenvalue weighted by Crippen LogP contribution is 1.94. The number of ether oxygens (including phenoxy) is 2. The lowest BCUT2D eigenvalue weighted by Crippen LogP contribution is -2.04. The van der Waals surface area contributed by atoms with Crippen molar-refractivity contribution in [3.63, 3.8) is 0 Å². The summed E-state index contributed by atoms with van der Waals surface area (Å²) in [4.78, 5) is 21.0. The van der Waals surface area contributed by atoms with Crippen molar-refractivity contribution in [3.05, 3.63) is 0 Å². The molecule has 0 saturated carbocycles. The molecule has 4 nitrogen and oxygen atoms in total. The van der Waals surface area contributed by atoms with Gasteiger partial charge in [0.2, 0.25) is 0 Å². The maximum atomic E-state index is 10.7. The van der Waals surface area contributed by atoms with Crippen molar-refractivity contribution in [2.45, 2.75) is 65.7 Å². The van der Waals surface area contributed by atoms with Crippen LogP contribution in [-0.4, -0.2) is 25.7 Å². The van der Waals surface area contributed by atoms with Crippen molar-refractivity contribution < 1.29 is 19.1 Å². The first kappa shape index (κ1) is 19.3. The van der Waals surface area contributed by atoms with Gasteiger partial charge in [0, 0.05) is 12.8 Å². The molecule has 18 heavy (non-hydrogen) atoms. The topological polar surface area (TPSA) is 52.6 Å². The van der Waals surface area contributed by atoms with Gasteiger partial charge >= 0.3 is 11.9 Å². The van der Waals surface area contributed by atoms with E-state index in [2.05, 4.69) is 11.7 Å². The number of unbranched alkanes of at least 4 members (excludes halogenated alkanes) is 2. The molecule has 0 aromatic rings. The van der Waals surface area contributed by atoms with E-state index in [1.807, 2.05) is 13.8 Å². The fraction of sp³-hybridized carbons (Fsp3) is 0.857. The minimum absolute atomic E-state index is 0.0593. The normalized spacial score (nSPS) is 9.11. The molecule has 0 fully saturated rings. The van der Waals surface area contributed by atoms with E-state index in [1.165, 1.54) is 7.11 Å². The summed E-state index contributed by atoms with van der Waals surface area (Å²) in [6.45, 7) is 6.69. The van der Waals surface area contributed by atoms with Gasteiger partial charge in [-0.15, -0.1) is 0 Å². The van der Waals surface area contributed by atoms with E-state index in [-0.39, 0.29) is 11.9 Å². The smallest absolute Gasteiger partial charge is 0.305 e. The number of carbonyl (C=O) groups is 2. The Morgan fingerprint density at radius 2 is 1.44 bits per heavy atom. The fourth-order valence-corrected chi connectivity index (χ4v) is 1.03. The quantitative estimate of drug-likeness (QED) is 0.495. The second kappa shape index (κ2) is 15.9. The highest BCUT2D eigenvalue weighted by Gasteiger charge is 1.97. The van der Waals surface area contributed by atoms with Crippen molar-refractivity contribution in [1.29, 1.82) is 0 Å². The molecular formula is C14H28O4. The third-order valence-electron chi connectivity index (χ3n) is 2.18. The van der Waals surface area contributed by atoms with Crippen LogP contribution < -0.4 is 0 Å². The highest BCUT2D eigenvalue weighted by molar-refractivity contribution is 5.69. The molecule has 0 aliphatic rings. The van der Waals surface area contributed by atoms with E-state index in [0.717, 1.165) is 32.1 Å². The van der Waals surface area contributed by atoms with Gasteiger partial charge in [0.1, 0.15) is 0 Å². The Balaban J connectivity index is 0. The SMILES string of the molecule is CCCCC(=O)OC.CCCCOC(=O)CCC. The van der Waals surface area contributed by atoms with Crippen molar-refractivity contribution in [2.24, 2.45) is 0 Å². The lowest BCUT2D eigenvalue weighted by atomic mass is 10.3. The lowest BCUT2D eigenvalue weighted by molar-refractivity contribution is -0.144. The molecule has 0 rings (SSSR count). The second-order valence-electron chi connectivity index (χ2n) is 4.00. The Hall–Kier alpha value is -1.06. The van der Waals surface area contributed by atoms with Gasteiger partial charge in [0.05, 0.1) is 13.7 Å². The third kappa shape index (κ3) is 17.3. The average Bonchev–Trinajstić information content (AvgIpc) is 2.37. The summed E-state index contributed by atoms with van der Waals surface area (Å²) in [5.74, 6) is -0.164. The fourth-order valence-electron chi connectivity index (χ4n) is 1.03. The highest BCUT2D eigenvalue weighted by atomic mass is 16.5. The summed E-state index contributed by atoms with van der Waals surface area (Å²) in [5.41, 5.74) is 0. The molecule has 4 heteroatoms. The van der Waals surface area contributed by atoms with Gasteiger partial charge in [-0.3, -0.25) is 9.59 Å². The van der Waals surface area contributed by atoms with Crippen LogP contribution in [0.3, 0.4) is 0 Å². The first-order valence-corrected chi connectivity index (χ1v) is 6.84. The molecular weight excluding hydrogens is 232 g/mol. The second-order valence-corrected chi connectivity index (χ2v) is 4.00. The minimum atomic E-state index is -0.105. The Kier molecular flexibility index (Phi) is 17.1. The molecule has 0 N–H and O–H groups in total. The summed E-state index contributed by atoms with van der Waals surface area (Å²) < 4.78 is 9.30. The Bertz CT molecular complexity index is 202. The van der Waals surface area contributed by atoms with Crippen LogP contribution in [0.15, 0.2) is 0 Å². The van der Waals surface area contributed by atoms with Gasteiger partial charge in [-0.2, -0.15) is 0 Å². The monoisotopic (exact) mass is 260 g/mol. The predicted octanol–water partition coefficient (Wildman–Crippen LogP) is 3.48. The van der Waals surface area contributed by atoms with Crippen LogP contribution in [0.4, 0.5) is 0 Å². The maximum absolute atomic E-state index is 10.7. The van der Waals surface area contributed by atoms with Crippen molar-refractivity contribution in [1.82, 2.24) is 0 Å². The van der Waals surface area contributed by atoms with E-state index < -0.39 is 0 Å². The predicted molar refractivity (Wildman–Crippen MR) is 72.3 cm³/mol. The molecule has 0 aromatic carbocycles. The standard InChI is InChI=1S/C8H16O2.C6H12O2/c1-3-5-7-10-8(9)6-4-2;1-3-4-5-6(7)8-2/h3-7H2,1-2H3;3-5H2,1-2H3. The number of rotatable bonds is 8. The van der Waals surface area contributed by atoms with Crippen LogP contribution in [0.5, 0.6) is 0 Å². The van der Waals surface area contributed by atoms with E-state index >= 15 is 0 Å². The molecule has 0 spiro atoms. The third-order valence-corrected chi connectivity index (χ3v) is 2.18. The zero-order valence-electron chi connectivity index (χ0n) is 12.3. The molecule has 0 atom stereocenters. The number of hydrogen-bond donors (Lipinski definition) is 0.